The number of ether oxygens (including phenoxy) is 1. The summed E-state index contributed by atoms with van der Waals surface area (Å²) >= 11 is 0. The van der Waals surface area contributed by atoms with Crippen LogP contribution in [-0.2, 0) is 11.0 Å². The van der Waals surface area contributed by atoms with Gasteiger partial charge in [0.1, 0.15) is 0 Å². The van der Waals surface area contributed by atoms with Gasteiger partial charge in [0.2, 0.25) is 0 Å². The molecule has 0 spiro atoms. The Kier molecular flexibility index (Phi) is 2.76. The Morgan fingerprint density at radius 1 is 1.47 bits per heavy atom. The number of aromatic carboxylic acids is 1. The Labute approximate surface area is 104 Å². The van der Waals surface area contributed by atoms with E-state index in [1.807, 2.05) is 0 Å². The van der Waals surface area contributed by atoms with Crippen LogP contribution in [0.5, 0.6) is 5.75 Å². The van der Waals surface area contributed by atoms with Gasteiger partial charge in [0, 0.05) is 0 Å². The average molecular weight is 276 g/mol. The van der Waals surface area contributed by atoms with Crippen molar-refractivity contribution < 1.29 is 32.6 Å². The zero-order chi connectivity index (χ0) is 14.4. The number of nitrogens with one attached hydrogen (secondary N) is 1. The van der Waals surface area contributed by atoms with Crippen LogP contribution in [0, 0.1) is 0 Å². The average Bonchev–Trinajstić information content (AvgIpc) is 2.26. The van der Waals surface area contributed by atoms with Gasteiger partial charge < -0.3 is 20.9 Å². The number of halogens is 3. The molecule has 102 valence electrons. The lowest BCUT2D eigenvalue weighted by atomic mass is 10.0. The van der Waals surface area contributed by atoms with E-state index in [1.54, 1.807) is 0 Å². The van der Waals surface area contributed by atoms with Gasteiger partial charge in [-0.25, -0.2) is 4.79 Å². The quantitative estimate of drug-likeness (QED) is 0.671. The standard InChI is InChI=1S/C10H7F3N2O4/c11-10(12,13)3-1-4-8(19-2-5(16)15-4)7(14)6(3)9(17)18/h1H,2,14H2,(H,15,16)(H,17,18). The molecule has 1 aromatic rings. The zero-order valence-electron chi connectivity index (χ0n) is 9.17. The van der Waals surface area contributed by atoms with Crippen molar-refractivity contribution in [3.63, 3.8) is 0 Å². The van der Waals surface area contributed by atoms with E-state index in [9.17, 15) is 22.8 Å². The van der Waals surface area contributed by atoms with E-state index in [0.29, 0.717) is 6.07 Å². The third-order valence-electron chi connectivity index (χ3n) is 2.46. The van der Waals surface area contributed by atoms with E-state index in [2.05, 4.69) is 5.32 Å². The molecule has 0 radical (unpaired) electrons. The summed E-state index contributed by atoms with van der Waals surface area (Å²) in [5.74, 6) is -2.75. The number of fused-ring (bicyclic) bond motifs is 1. The number of nitrogen functional groups attached to an aromatic ring is 1. The number of carboxylic acids is 1. The second-order valence-corrected chi connectivity index (χ2v) is 3.73. The number of carbonyl (C=O) groups excluding carboxylic acids is 1. The van der Waals surface area contributed by atoms with Gasteiger partial charge in [-0.15, -0.1) is 0 Å². The number of benzene rings is 1. The van der Waals surface area contributed by atoms with Crippen molar-refractivity contribution in [1.82, 2.24) is 0 Å². The van der Waals surface area contributed by atoms with Crippen LogP contribution in [-0.4, -0.2) is 23.6 Å². The first-order valence-electron chi connectivity index (χ1n) is 4.91. The predicted octanol–water partition coefficient (Wildman–Crippen LogP) is 1.32. The maximum absolute atomic E-state index is 12.8. The molecule has 0 aliphatic carbocycles. The second kappa shape index (κ2) is 4.04. The Bertz CT molecular complexity index is 583. The molecule has 9 heteroatoms. The van der Waals surface area contributed by atoms with Crippen molar-refractivity contribution in [2.75, 3.05) is 17.7 Å². The fourth-order valence-corrected chi connectivity index (χ4v) is 1.71. The Morgan fingerprint density at radius 2 is 2.11 bits per heavy atom. The summed E-state index contributed by atoms with van der Waals surface area (Å²) in [6.45, 7) is -0.443. The first-order chi connectivity index (χ1) is 8.71. The van der Waals surface area contributed by atoms with Gasteiger partial charge in [-0.3, -0.25) is 4.79 Å². The predicted molar refractivity (Wildman–Crippen MR) is 56.9 cm³/mol. The highest BCUT2D eigenvalue weighted by Gasteiger charge is 2.39. The second-order valence-electron chi connectivity index (χ2n) is 3.73. The third kappa shape index (κ3) is 2.14. The van der Waals surface area contributed by atoms with E-state index < -0.39 is 41.5 Å². The molecule has 1 heterocycles. The molecular weight excluding hydrogens is 269 g/mol. The van der Waals surface area contributed by atoms with Crippen LogP contribution >= 0.6 is 0 Å². The molecule has 2 rings (SSSR count). The summed E-state index contributed by atoms with van der Waals surface area (Å²) in [6.07, 6.45) is -4.92. The van der Waals surface area contributed by atoms with E-state index >= 15 is 0 Å². The lowest BCUT2D eigenvalue weighted by Gasteiger charge is -2.23. The molecule has 0 saturated carbocycles. The van der Waals surface area contributed by atoms with E-state index in [-0.39, 0.29) is 11.4 Å². The van der Waals surface area contributed by atoms with Crippen LogP contribution in [0.4, 0.5) is 24.5 Å². The number of carboxylic acid groups (broad SMARTS) is 1. The van der Waals surface area contributed by atoms with Gasteiger partial charge in [-0.1, -0.05) is 0 Å². The fraction of sp³-hybridized carbons (Fsp3) is 0.200. The number of anilines is 2. The van der Waals surface area contributed by atoms with Gasteiger partial charge >= 0.3 is 12.1 Å². The molecular formula is C10H7F3N2O4. The van der Waals surface area contributed by atoms with Gasteiger partial charge in [-0.05, 0) is 6.07 Å². The van der Waals surface area contributed by atoms with Gasteiger partial charge in [0.05, 0.1) is 22.5 Å². The van der Waals surface area contributed by atoms with E-state index in [1.165, 1.54) is 0 Å². The van der Waals surface area contributed by atoms with Gasteiger partial charge in [0.15, 0.2) is 12.4 Å². The van der Waals surface area contributed by atoms with Crippen molar-refractivity contribution >= 4 is 23.3 Å². The highest BCUT2D eigenvalue weighted by Crippen LogP contribution is 2.43. The molecule has 0 unspecified atom stereocenters. The number of alkyl halides is 3. The smallest absolute Gasteiger partial charge is 0.417 e. The molecule has 0 aromatic heterocycles. The Balaban J connectivity index is 2.74. The summed E-state index contributed by atoms with van der Waals surface area (Å²) in [5, 5.41) is 11.0. The molecule has 0 atom stereocenters. The summed E-state index contributed by atoms with van der Waals surface area (Å²) in [5.41, 5.74) is 1.88. The zero-order valence-corrected chi connectivity index (χ0v) is 9.17. The third-order valence-corrected chi connectivity index (χ3v) is 2.46. The minimum Gasteiger partial charge on any atom is -0.479 e. The number of hydrogen-bond acceptors (Lipinski definition) is 4. The van der Waals surface area contributed by atoms with Crippen LogP contribution in [0.2, 0.25) is 0 Å². The van der Waals surface area contributed by atoms with Crippen molar-refractivity contribution in [3.05, 3.63) is 17.2 Å². The number of nitrogens with two attached hydrogens (primary N) is 1. The van der Waals surface area contributed by atoms with Gasteiger partial charge in [0.25, 0.3) is 5.91 Å². The highest BCUT2D eigenvalue weighted by molar-refractivity contribution is 6.03. The van der Waals surface area contributed by atoms with Gasteiger partial charge in [-0.2, -0.15) is 13.2 Å². The molecule has 0 bridgehead atoms. The van der Waals surface area contributed by atoms with Crippen molar-refractivity contribution in [1.29, 1.82) is 0 Å². The molecule has 0 saturated heterocycles. The van der Waals surface area contributed by atoms with Crippen LogP contribution in [0.15, 0.2) is 6.07 Å². The van der Waals surface area contributed by atoms with Crippen LogP contribution in [0.1, 0.15) is 15.9 Å². The molecule has 1 aromatic carbocycles. The molecule has 1 aliphatic heterocycles. The monoisotopic (exact) mass is 276 g/mol. The van der Waals surface area contributed by atoms with Crippen molar-refractivity contribution in [3.8, 4) is 5.75 Å². The van der Waals surface area contributed by atoms with Crippen LogP contribution in [0.25, 0.3) is 0 Å². The lowest BCUT2D eigenvalue weighted by molar-refractivity contribution is -0.138. The Morgan fingerprint density at radius 3 is 2.63 bits per heavy atom. The lowest BCUT2D eigenvalue weighted by Crippen LogP contribution is -2.28. The SMILES string of the molecule is Nc1c2c(cc(C(F)(F)F)c1C(=O)O)NC(=O)CO2. The summed E-state index contributed by atoms with van der Waals surface area (Å²) in [4.78, 5) is 22.0. The minimum atomic E-state index is -4.92. The first-order valence-corrected chi connectivity index (χ1v) is 4.91. The maximum atomic E-state index is 12.8. The van der Waals surface area contributed by atoms with Crippen LogP contribution in [0.3, 0.4) is 0 Å². The van der Waals surface area contributed by atoms with Crippen molar-refractivity contribution in [2.45, 2.75) is 6.18 Å². The number of hydrogen-bond donors (Lipinski definition) is 3. The maximum Gasteiger partial charge on any atom is 0.417 e. The van der Waals surface area contributed by atoms with E-state index in [0.717, 1.165) is 0 Å². The molecule has 0 fully saturated rings. The molecule has 1 aliphatic rings. The van der Waals surface area contributed by atoms with Crippen molar-refractivity contribution in [2.24, 2.45) is 0 Å². The topological polar surface area (TPSA) is 102 Å². The molecule has 4 N–H and O–H groups in total. The largest absolute Gasteiger partial charge is 0.479 e. The summed E-state index contributed by atoms with van der Waals surface area (Å²) in [6, 6.07) is 0.492. The molecule has 6 nitrogen and oxygen atoms in total. The number of carbonyl (C=O) groups is 2. The summed E-state index contributed by atoms with van der Waals surface area (Å²) in [7, 11) is 0. The molecule has 1 amide bonds. The molecule has 19 heavy (non-hydrogen) atoms. The Hall–Kier alpha value is -2.45. The van der Waals surface area contributed by atoms with E-state index in [4.69, 9.17) is 15.6 Å². The van der Waals surface area contributed by atoms with Crippen LogP contribution < -0.4 is 15.8 Å². The number of amides is 1. The normalized spacial score (nSPS) is 14.4. The summed E-state index contributed by atoms with van der Waals surface area (Å²) < 4.78 is 43.2. The minimum absolute atomic E-state index is 0.273. The highest BCUT2D eigenvalue weighted by atomic mass is 19.4. The fourth-order valence-electron chi connectivity index (χ4n) is 1.71. The number of rotatable bonds is 1. The first kappa shape index (κ1) is 13.0.